The number of hydrogen-bond donors (Lipinski definition) is 1. The molecule has 0 radical (unpaired) electrons. The molecule has 2 aromatic rings. The number of terminal acetylenes is 1. The summed E-state index contributed by atoms with van der Waals surface area (Å²) in [6.07, 6.45) is 1.87. The molecule has 168 valence electrons. The second-order valence-electron chi connectivity index (χ2n) is 7.38. The van der Waals surface area contributed by atoms with Gasteiger partial charge in [-0.25, -0.2) is 9.59 Å². The lowest BCUT2D eigenvalue weighted by Crippen LogP contribution is -2.58. The molecule has 0 aliphatic carbocycles. The van der Waals surface area contributed by atoms with Gasteiger partial charge < -0.3 is 24.1 Å². The number of aliphatic hydroxyl groups is 1. The van der Waals surface area contributed by atoms with E-state index in [1.807, 2.05) is 0 Å². The number of carbonyl (C=O) groups excluding carboxylic acids is 2. The highest BCUT2D eigenvalue weighted by molar-refractivity contribution is 5.90. The van der Waals surface area contributed by atoms with Gasteiger partial charge in [-0.1, -0.05) is 43.3 Å². The molecule has 1 N–H and O–H groups in total. The third kappa shape index (κ3) is 5.74. The Labute approximate surface area is 187 Å². The van der Waals surface area contributed by atoms with Crippen molar-refractivity contribution in [3.63, 3.8) is 0 Å². The molecule has 0 saturated carbocycles. The van der Waals surface area contributed by atoms with Gasteiger partial charge in [0.15, 0.2) is 12.4 Å². The fourth-order valence-electron chi connectivity index (χ4n) is 3.45. The smallest absolute Gasteiger partial charge is 0.338 e. The van der Waals surface area contributed by atoms with Crippen molar-refractivity contribution in [2.75, 3.05) is 13.2 Å². The minimum atomic E-state index is -1.07. The first kappa shape index (κ1) is 23.5. The highest BCUT2D eigenvalue weighted by Gasteiger charge is 2.49. The molecule has 1 aliphatic heterocycles. The molecule has 5 atom stereocenters. The van der Waals surface area contributed by atoms with Crippen molar-refractivity contribution in [2.45, 2.75) is 37.9 Å². The molecule has 0 amide bonds. The molecule has 0 aromatic heterocycles. The molecule has 2 aromatic carbocycles. The number of aliphatic hydroxyl groups excluding tert-OH is 1. The Bertz CT molecular complexity index is 922. The molecule has 1 aliphatic rings. The molecule has 3 rings (SSSR count). The van der Waals surface area contributed by atoms with Gasteiger partial charge in [0.2, 0.25) is 0 Å². The molecule has 1 heterocycles. The number of ether oxygens (including phenoxy) is 4. The highest BCUT2D eigenvalue weighted by Crippen LogP contribution is 2.32. The van der Waals surface area contributed by atoms with E-state index in [-0.39, 0.29) is 13.2 Å². The van der Waals surface area contributed by atoms with Crippen molar-refractivity contribution in [3.05, 3.63) is 71.8 Å². The monoisotopic (exact) mass is 438 g/mol. The Morgan fingerprint density at radius 3 is 2.00 bits per heavy atom. The first-order valence-electron chi connectivity index (χ1n) is 10.4. The summed E-state index contributed by atoms with van der Waals surface area (Å²) >= 11 is 0. The van der Waals surface area contributed by atoms with Gasteiger partial charge in [-0.3, -0.25) is 0 Å². The number of benzene rings is 2. The van der Waals surface area contributed by atoms with Crippen LogP contribution in [0.4, 0.5) is 0 Å². The summed E-state index contributed by atoms with van der Waals surface area (Å²) in [4.78, 5) is 25.6. The van der Waals surface area contributed by atoms with E-state index >= 15 is 0 Å². The molecule has 0 bridgehead atoms. The molecular weight excluding hydrogens is 412 g/mol. The first-order chi connectivity index (χ1) is 15.5. The van der Waals surface area contributed by atoms with Crippen LogP contribution < -0.4 is 0 Å². The fourth-order valence-corrected chi connectivity index (χ4v) is 3.45. The van der Waals surface area contributed by atoms with E-state index in [0.29, 0.717) is 17.5 Å². The average Bonchev–Trinajstić information content (AvgIpc) is 2.83. The summed E-state index contributed by atoms with van der Waals surface area (Å²) in [5, 5.41) is 9.80. The topological polar surface area (TPSA) is 91.3 Å². The average molecular weight is 438 g/mol. The van der Waals surface area contributed by atoms with Gasteiger partial charge in [0.25, 0.3) is 0 Å². The van der Waals surface area contributed by atoms with Gasteiger partial charge in [0.05, 0.1) is 30.4 Å². The predicted molar refractivity (Wildman–Crippen MR) is 116 cm³/mol. The molecule has 0 unspecified atom stereocenters. The SMILES string of the molecule is C#CCCO[C@@H]1O[C@H](CO)[C@H](C)[C@H](OC(=O)c2ccccc2)[C@H]1OC(=O)c1ccccc1. The normalized spacial score (nSPS) is 24.8. The minimum Gasteiger partial charge on any atom is -0.454 e. The van der Waals surface area contributed by atoms with Crippen LogP contribution in [0.25, 0.3) is 0 Å². The predicted octanol–water partition coefficient (Wildman–Crippen LogP) is 2.83. The van der Waals surface area contributed by atoms with Crippen LogP contribution in [-0.2, 0) is 18.9 Å². The van der Waals surface area contributed by atoms with E-state index in [1.165, 1.54) is 0 Å². The van der Waals surface area contributed by atoms with E-state index < -0.39 is 42.5 Å². The van der Waals surface area contributed by atoms with Crippen LogP contribution >= 0.6 is 0 Å². The van der Waals surface area contributed by atoms with E-state index in [2.05, 4.69) is 5.92 Å². The van der Waals surface area contributed by atoms with Crippen LogP contribution in [0, 0.1) is 18.3 Å². The van der Waals surface area contributed by atoms with Crippen LogP contribution in [0.2, 0.25) is 0 Å². The number of hydrogen-bond acceptors (Lipinski definition) is 7. The van der Waals surface area contributed by atoms with Gasteiger partial charge in [-0.15, -0.1) is 12.3 Å². The Kier molecular flexibility index (Phi) is 8.40. The van der Waals surface area contributed by atoms with Crippen LogP contribution in [-0.4, -0.2) is 54.9 Å². The summed E-state index contributed by atoms with van der Waals surface area (Å²) in [6, 6.07) is 16.9. The second kappa shape index (κ2) is 11.4. The Morgan fingerprint density at radius 2 is 1.50 bits per heavy atom. The Morgan fingerprint density at radius 1 is 0.969 bits per heavy atom. The largest absolute Gasteiger partial charge is 0.454 e. The zero-order valence-electron chi connectivity index (χ0n) is 17.8. The first-order valence-corrected chi connectivity index (χ1v) is 10.4. The zero-order chi connectivity index (χ0) is 22.9. The number of esters is 2. The third-order valence-corrected chi connectivity index (χ3v) is 5.22. The minimum absolute atomic E-state index is 0.145. The summed E-state index contributed by atoms with van der Waals surface area (Å²) in [6.45, 7) is 1.58. The summed E-state index contributed by atoms with van der Waals surface area (Å²) in [5.74, 6) is 0.796. The van der Waals surface area contributed by atoms with Crippen molar-refractivity contribution in [1.82, 2.24) is 0 Å². The van der Waals surface area contributed by atoms with Crippen molar-refractivity contribution in [2.24, 2.45) is 5.92 Å². The lowest BCUT2D eigenvalue weighted by atomic mass is 9.90. The quantitative estimate of drug-likeness (QED) is 0.385. The van der Waals surface area contributed by atoms with E-state index in [0.717, 1.165) is 0 Å². The lowest BCUT2D eigenvalue weighted by Gasteiger charge is -2.43. The maximum Gasteiger partial charge on any atom is 0.338 e. The van der Waals surface area contributed by atoms with Gasteiger partial charge >= 0.3 is 11.9 Å². The zero-order valence-corrected chi connectivity index (χ0v) is 17.8. The van der Waals surface area contributed by atoms with E-state index in [1.54, 1.807) is 67.6 Å². The summed E-state index contributed by atoms with van der Waals surface area (Å²) in [7, 11) is 0. The summed E-state index contributed by atoms with van der Waals surface area (Å²) < 4.78 is 23.1. The second-order valence-corrected chi connectivity index (χ2v) is 7.38. The maximum atomic E-state index is 12.8. The van der Waals surface area contributed by atoms with Crippen LogP contribution in [0.15, 0.2) is 60.7 Å². The van der Waals surface area contributed by atoms with Gasteiger partial charge in [0, 0.05) is 12.3 Å². The molecule has 1 fully saturated rings. The van der Waals surface area contributed by atoms with Crippen LogP contribution in [0.3, 0.4) is 0 Å². The number of rotatable bonds is 8. The lowest BCUT2D eigenvalue weighted by molar-refractivity contribution is -0.285. The van der Waals surface area contributed by atoms with Crippen molar-refractivity contribution in [3.8, 4) is 12.3 Å². The van der Waals surface area contributed by atoms with Crippen LogP contribution in [0.5, 0.6) is 0 Å². The Balaban J connectivity index is 1.88. The standard InChI is InChI=1S/C25H26O7/c1-3-4-15-29-25-22(32-24(28)19-13-9-6-10-14-19)21(17(2)20(16-26)30-25)31-23(27)18-11-7-5-8-12-18/h1,5-14,17,20-22,25-26H,4,15-16H2,2H3/t17-,20+,21-,22+,25+/m0/s1. The van der Waals surface area contributed by atoms with Gasteiger partial charge in [0.1, 0.15) is 6.10 Å². The Hall–Kier alpha value is -3.18. The van der Waals surface area contributed by atoms with Crippen molar-refractivity contribution in [1.29, 1.82) is 0 Å². The maximum absolute atomic E-state index is 12.8. The number of carbonyl (C=O) groups is 2. The molecular formula is C25H26O7. The molecule has 1 saturated heterocycles. The molecule has 0 spiro atoms. The van der Waals surface area contributed by atoms with Crippen LogP contribution in [0.1, 0.15) is 34.1 Å². The third-order valence-electron chi connectivity index (χ3n) is 5.22. The van der Waals surface area contributed by atoms with Gasteiger partial charge in [-0.2, -0.15) is 0 Å². The highest BCUT2D eigenvalue weighted by atomic mass is 16.7. The van der Waals surface area contributed by atoms with Crippen molar-refractivity contribution < 1.29 is 33.6 Å². The van der Waals surface area contributed by atoms with E-state index in [4.69, 9.17) is 25.4 Å². The molecule has 7 nitrogen and oxygen atoms in total. The summed E-state index contributed by atoms with van der Waals surface area (Å²) in [5.41, 5.74) is 0.685. The molecule has 7 heteroatoms. The van der Waals surface area contributed by atoms with Crippen molar-refractivity contribution >= 4 is 11.9 Å². The molecule has 32 heavy (non-hydrogen) atoms. The van der Waals surface area contributed by atoms with E-state index in [9.17, 15) is 14.7 Å². The van der Waals surface area contributed by atoms with Gasteiger partial charge in [-0.05, 0) is 24.3 Å². The fraction of sp³-hybridized carbons (Fsp3) is 0.360.